The number of rotatable bonds is 9. The zero-order valence-corrected chi connectivity index (χ0v) is 11.6. The molecule has 0 aromatic heterocycles. The Kier molecular flexibility index (Phi) is 8.50. The second-order valence-corrected chi connectivity index (χ2v) is 4.38. The quantitative estimate of drug-likeness (QED) is 0.356. The summed E-state index contributed by atoms with van der Waals surface area (Å²) < 4.78 is 20.7. The fourth-order valence-corrected chi connectivity index (χ4v) is 1.79. The molecule has 8 heteroatoms. The van der Waals surface area contributed by atoms with Crippen molar-refractivity contribution in [2.45, 2.75) is 37.6 Å². The topological polar surface area (TPSA) is 118 Å². The summed E-state index contributed by atoms with van der Waals surface area (Å²) in [4.78, 5) is 0. The molecule has 4 N–H and O–H groups in total. The molecule has 1 aliphatic heterocycles. The molecule has 0 aromatic carbocycles. The lowest BCUT2D eigenvalue weighted by Gasteiger charge is -2.39. The van der Waals surface area contributed by atoms with Gasteiger partial charge in [0, 0.05) is 6.61 Å². The molecule has 8 nitrogen and oxygen atoms in total. The largest absolute Gasteiger partial charge is 0.394 e. The summed E-state index contributed by atoms with van der Waals surface area (Å²) >= 11 is 0. The van der Waals surface area contributed by atoms with E-state index in [1.165, 1.54) is 0 Å². The fourth-order valence-electron chi connectivity index (χ4n) is 1.79. The second-order valence-electron chi connectivity index (χ2n) is 4.38. The van der Waals surface area contributed by atoms with Gasteiger partial charge in [-0.1, -0.05) is 0 Å². The Labute approximate surface area is 117 Å². The summed E-state index contributed by atoms with van der Waals surface area (Å²) in [7, 11) is 0. The monoisotopic (exact) mass is 296 g/mol. The smallest absolute Gasteiger partial charge is 0.186 e. The van der Waals surface area contributed by atoms with Gasteiger partial charge in [0.2, 0.25) is 0 Å². The molecule has 1 saturated heterocycles. The van der Waals surface area contributed by atoms with Crippen molar-refractivity contribution >= 4 is 0 Å². The zero-order valence-electron chi connectivity index (χ0n) is 11.6. The molecule has 0 aromatic rings. The van der Waals surface area contributed by atoms with E-state index in [2.05, 4.69) is 0 Å². The predicted octanol–water partition coefficient (Wildman–Crippen LogP) is -2.14. The summed E-state index contributed by atoms with van der Waals surface area (Å²) in [6.07, 6.45) is -6.25. The van der Waals surface area contributed by atoms with Crippen LogP contribution in [0.25, 0.3) is 0 Å². The van der Waals surface area contributed by atoms with Crippen molar-refractivity contribution < 1.29 is 39.4 Å². The third-order valence-electron chi connectivity index (χ3n) is 2.93. The maximum absolute atomic E-state index is 9.69. The van der Waals surface area contributed by atoms with Crippen LogP contribution < -0.4 is 0 Å². The Bertz CT molecular complexity index is 250. The fraction of sp³-hybridized carbons (Fsp3) is 1.00. The van der Waals surface area contributed by atoms with Crippen molar-refractivity contribution in [3.05, 3.63) is 0 Å². The Morgan fingerprint density at radius 1 is 0.900 bits per heavy atom. The highest BCUT2D eigenvalue weighted by molar-refractivity contribution is 4.88. The molecule has 1 fully saturated rings. The van der Waals surface area contributed by atoms with Crippen LogP contribution in [0, 0.1) is 0 Å². The van der Waals surface area contributed by atoms with E-state index in [0.717, 1.165) is 0 Å². The first-order valence-electron chi connectivity index (χ1n) is 6.69. The second kappa shape index (κ2) is 9.59. The Balaban J connectivity index is 2.21. The van der Waals surface area contributed by atoms with Gasteiger partial charge in [-0.3, -0.25) is 0 Å². The van der Waals surface area contributed by atoms with Gasteiger partial charge >= 0.3 is 0 Å². The van der Waals surface area contributed by atoms with Crippen LogP contribution in [0.4, 0.5) is 0 Å². The first-order chi connectivity index (χ1) is 9.61. The van der Waals surface area contributed by atoms with E-state index in [1.54, 1.807) is 0 Å². The Morgan fingerprint density at radius 2 is 1.55 bits per heavy atom. The van der Waals surface area contributed by atoms with E-state index < -0.39 is 37.3 Å². The average Bonchev–Trinajstić information content (AvgIpc) is 2.46. The SMILES string of the molecule is CCOCCOCCO[C@@H]1OC(CO)[C@H](O)C(O)[C@@H]1O. The van der Waals surface area contributed by atoms with E-state index in [0.29, 0.717) is 19.8 Å². The molecule has 0 spiro atoms. The van der Waals surface area contributed by atoms with Crippen LogP contribution in [0.1, 0.15) is 6.92 Å². The molecule has 1 rings (SSSR count). The maximum Gasteiger partial charge on any atom is 0.186 e. The van der Waals surface area contributed by atoms with Crippen molar-refractivity contribution in [1.82, 2.24) is 0 Å². The molecule has 0 aliphatic carbocycles. The lowest BCUT2D eigenvalue weighted by Crippen LogP contribution is -2.59. The molecule has 0 saturated carbocycles. The van der Waals surface area contributed by atoms with E-state index in [9.17, 15) is 15.3 Å². The average molecular weight is 296 g/mol. The summed E-state index contributed by atoms with van der Waals surface area (Å²) in [6.45, 7) is 3.40. The number of aliphatic hydroxyl groups excluding tert-OH is 4. The zero-order chi connectivity index (χ0) is 15.0. The van der Waals surface area contributed by atoms with Crippen molar-refractivity contribution in [3.63, 3.8) is 0 Å². The minimum Gasteiger partial charge on any atom is -0.394 e. The summed E-state index contributed by atoms with van der Waals surface area (Å²) in [5.74, 6) is 0. The van der Waals surface area contributed by atoms with Gasteiger partial charge in [-0.2, -0.15) is 0 Å². The molecular formula is C12H24O8. The van der Waals surface area contributed by atoms with Crippen LogP contribution >= 0.6 is 0 Å². The standard InChI is InChI=1S/C12H24O8/c1-2-17-3-4-18-5-6-19-12-11(16)10(15)9(14)8(7-13)20-12/h8-16H,2-7H2,1H3/t8?,9-,10?,11-,12+/m0/s1. The molecule has 0 bridgehead atoms. The predicted molar refractivity (Wildman–Crippen MR) is 67.0 cm³/mol. The van der Waals surface area contributed by atoms with Crippen molar-refractivity contribution in [2.24, 2.45) is 0 Å². The highest BCUT2D eigenvalue weighted by atomic mass is 16.7. The molecule has 2 unspecified atom stereocenters. The normalized spacial score (nSPS) is 34.4. The van der Waals surface area contributed by atoms with Crippen molar-refractivity contribution in [2.75, 3.05) is 39.6 Å². The van der Waals surface area contributed by atoms with E-state index in [4.69, 9.17) is 24.1 Å². The first-order valence-corrected chi connectivity index (χ1v) is 6.69. The van der Waals surface area contributed by atoms with Gasteiger partial charge in [0.15, 0.2) is 6.29 Å². The van der Waals surface area contributed by atoms with Gasteiger partial charge < -0.3 is 39.4 Å². The van der Waals surface area contributed by atoms with Crippen LogP contribution in [0.15, 0.2) is 0 Å². The van der Waals surface area contributed by atoms with Gasteiger partial charge in [0.25, 0.3) is 0 Å². The summed E-state index contributed by atoms with van der Waals surface area (Å²) in [6, 6.07) is 0. The van der Waals surface area contributed by atoms with Gasteiger partial charge in [0.1, 0.15) is 24.4 Å². The number of aliphatic hydroxyl groups is 4. The molecule has 1 heterocycles. The highest BCUT2D eigenvalue weighted by Crippen LogP contribution is 2.21. The molecule has 120 valence electrons. The van der Waals surface area contributed by atoms with E-state index in [1.807, 2.05) is 6.92 Å². The number of ether oxygens (including phenoxy) is 4. The van der Waals surface area contributed by atoms with Crippen molar-refractivity contribution in [3.8, 4) is 0 Å². The molecule has 1 aliphatic rings. The van der Waals surface area contributed by atoms with Crippen LogP contribution in [-0.4, -0.2) is 90.8 Å². The van der Waals surface area contributed by atoms with Gasteiger partial charge in [0.05, 0.1) is 33.0 Å². The molecule has 0 radical (unpaired) electrons. The Morgan fingerprint density at radius 3 is 2.20 bits per heavy atom. The molecular weight excluding hydrogens is 272 g/mol. The minimum atomic E-state index is -1.43. The van der Waals surface area contributed by atoms with Gasteiger partial charge in [-0.05, 0) is 6.92 Å². The lowest BCUT2D eigenvalue weighted by molar-refractivity contribution is -0.302. The summed E-state index contributed by atoms with van der Waals surface area (Å²) in [5.41, 5.74) is 0. The third kappa shape index (κ3) is 5.23. The lowest BCUT2D eigenvalue weighted by atomic mass is 9.99. The van der Waals surface area contributed by atoms with Crippen molar-refractivity contribution in [1.29, 1.82) is 0 Å². The molecule has 5 atom stereocenters. The van der Waals surface area contributed by atoms with Crippen LogP contribution in [-0.2, 0) is 18.9 Å². The highest BCUT2D eigenvalue weighted by Gasteiger charge is 2.43. The van der Waals surface area contributed by atoms with E-state index >= 15 is 0 Å². The number of hydrogen-bond acceptors (Lipinski definition) is 8. The van der Waals surface area contributed by atoms with Gasteiger partial charge in [-0.25, -0.2) is 0 Å². The van der Waals surface area contributed by atoms with Crippen LogP contribution in [0.5, 0.6) is 0 Å². The molecule has 20 heavy (non-hydrogen) atoms. The first kappa shape index (κ1) is 17.7. The number of hydrogen-bond donors (Lipinski definition) is 4. The Hall–Kier alpha value is -0.320. The van der Waals surface area contributed by atoms with E-state index in [-0.39, 0.29) is 13.2 Å². The third-order valence-corrected chi connectivity index (χ3v) is 2.93. The molecule has 0 amide bonds. The van der Waals surface area contributed by atoms with Crippen LogP contribution in [0.2, 0.25) is 0 Å². The van der Waals surface area contributed by atoms with Gasteiger partial charge in [-0.15, -0.1) is 0 Å². The van der Waals surface area contributed by atoms with Crippen LogP contribution in [0.3, 0.4) is 0 Å². The summed E-state index contributed by atoms with van der Waals surface area (Å²) in [5, 5.41) is 37.8. The minimum absolute atomic E-state index is 0.148. The maximum atomic E-state index is 9.69.